The molecule has 10 heteroatoms. The minimum atomic E-state index is -3.04. The smallest absolute Gasteiger partial charge is 0.573 e. The van der Waals surface area contributed by atoms with E-state index in [1.807, 2.05) is 60.7 Å². The first-order valence-corrected chi connectivity index (χ1v) is 11.0. The molecule has 1 aliphatic rings. The third kappa shape index (κ3) is 4.70. The maximum Gasteiger partial charge on any atom is 0.824 e. The van der Waals surface area contributed by atoms with Crippen molar-refractivity contribution in [3.05, 3.63) is 95.0 Å². The topological polar surface area (TPSA) is 83.6 Å². The largest absolute Gasteiger partial charge is 0.824 e. The number of rotatable bonds is 5. The van der Waals surface area contributed by atoms with Gasteiger partial charge in [-0.25, -0.2) is 0 Å². The Labute approximate surface area is 199 Å². The second-order valence-corrected chi connectivity index (χ2v) is 8.16. The predicted octanol–water partition coefficient (Wildman–Crippen LogP) is 4.99. The van der Waals surface area contributed by atoms with Crippen LogP contribution < -0.4 is 4.92 Å². The van der Waals surface area contributed by atoms with Gasteiger partial charge in [0, 0.05) is 41.7 Å². The van der Waals surface area contributed by atoms with Gasteiger partial charge < -0.3 is 9.31 Å². The molecule has 0 N–H and O–H groups in total. The highest BCUT2D eigenvalue weighted by molar-refractivity contribution is 9.10. The summed E-state index contributed by atoms with van der Waals surface area (Å²) in [6.07, 6.45) is 0. The van der Waals surface area contributed by atoms with Crippen molar-refractivity contribution in [2.75, 3.05) is 4.92 Å². The van der Waals surface area contributed by atoms with E-state index >= 15 is 0 Å². The molecule has 4 rings (SSSR count). The molecule has 1 heterocycles. The summed E-state index contributed by atoms with van der Waals surface area (Å²) in [5.74, 6) is -0.972. The van der Waals surface area contributed by atoms with E-state index in [4.69, 9.17) is 9.31 Å². The maximum absolute atomic E-state index is 12.3. The van der Waals surface area contributed by atoms with E-state index in [-0.39, 0.29) is 0 Å². The highest BCUT2D eigenvalue weighted by atomic mass is 79.9. The van der Waals surface area contributed by atoms with E-state index in [1.165, 1.54) is 23.4 Å². The Morgan fingerprint density at radius 3 is 1.94 bits per heavy atom. The van der Waals surface area contributed by atoms with Gasteiger partial charge in [0.1, 0.15) is 0 Å². The zero-order valence-corrected chi connectivity index (χ0v) is 19.5. The quantitative estimate of drug-likeness (QED) is 0.455. The molecular weight excluding hydrogens is 487 g/mol. The lowest BCUT2D eigenvalue weighted by atomic mass is 9.83. The zero-order chi connectivity index (χ0) is 23.4. The van der Waals surface area contributed by atoms with Crippen molar-refractivity contribution in [3.8, 4) is 0 Å². The molecule has 0 spiro atoms. The number of hydrazone groups is 1. The van der Waals surface area contributed by atoms with Crippen LogP contribution in [0.4, 0.5) is 11.4 Å². The van der Waals surface area contributed by atoms with Crippen LogP contribution in [0.25, 0.3) is 0 Å². The first-order chi connectivity index (χ1) is 15.9. The number of carbonyl (C=O) groups is 2. The number of amidine groups is 1. The van der Waals surface area contributed by atoms with Crippen LogP contribution in [0.15, 0.2) is 99.6 Å². The molecule has 33 heavy (non-hydrogen) atoms. The first kappa shape index (κ1) is 22.4. The molecule has 0 aromatic heterocycles. The molecule has 0 saturated heterocycles. The van der Waals surface area contributed by atoms with E-state index in [9.17, 15) is 9.59 Å². The summed E-state index contributed by atoms with van der Waals surface area (Å²) >= 11 is 3.43. The van der Waals surface area contributed by atoms with Crippen molar-refractivity contribution in [2.45, 2.75) is 13.8 Å². The molecule has 3 aromatic carbocycles. The van der Waals surface area contributed by atoms with Gasteiger partial charge in [-0.3, -0.25) is 14.5 Å². The lowest BCUT2D eigenvalue weighted by molar-refractivity contribution is -0.413. The van der Waals surface area contributed by atoms with Gasteiger partial charge in [-0.05, 0) is 29.4 Å². The molecular formula is C23H20BBrN4O4. The Morgan fingerprint density at radius 2 is 1.39 bits per heavy atom. The van der Waals surface area contributed by atoms with Crippen molar-refractivity contribution in [1.29, 1.82) is 0 Å². The Balaban J connectivity index is 2.03. The number of benzene rings is 3. The summed E-state index contributed by atoms with van der Waals surface area (Å²) in [5.41, 5.74) is 1.81. The van der Waals surface area contributed by atoms with Gasteiger partial charge in [-0.2, -0.15) is 9.71 Å². The van der Waals surface area contributed by atoms with E-state index in [0.29, 0.717) is 17.2 Å². The number of anilines is 1. The average Bonchev–Trinajstić information content (AvgIpc) is 2.80. The van der Waals surface area contributed by atoms with Crippen LogP contribution in [0.1, 0.15) is 19.4 Å². The van der Waals surface area contributed by atoms with E-state index in [2.05, 4.69) is 26.1 Å². The molecule has 0 radical (unpaired) electrons. The standard InChI is InChI=1S/C23H20BBrN4O4/c1-17(30)32-24(33-18(2)31)28(21-11-7-4-8-12-21)26-23(19-9-5-3-6-10-19)27-29(24)22-15-13-20(25)14-16-22/h3-16H,1-2H3. The Bertz CT molecular complexity index is 1220. The van der Waals surface area contributed by atoms with E-state index in [1.54, 1.807) is 24.3 Å². The number of azo groups is 1. The van der Waals surface area contributed by atoms with Gasteiger partial charge in [0.25, 0.3) is 11.9 Å². The van der Waals surface area contributed by atoms with Crippen LogP contribution in [0.2, 0.25) is 0 Å². The maximum atomic E-state index is 12.3. The molecule has 0 bridgehead atoms. The number of para-hydroxylation sites is 1. The zero-order valence-electron chi connectivity index (χ0n) is 18.0. The van der Waals surface area contributed by atoms with E-state index in [0.717, 1.165) is 10.0 Å². The lowest BCUT2D eigenvalue weighted by Crippen LogP contribution is -2.66. The summed E-state index contributed by atoms with van der Waals surface area (Å²) in [7, 11) is 0. The minimum Gasteiger partial charge on any atom is -0.573 e. The van der Waals surface area contributed by atoms with Gasteiger partial charge in [0.2, 0.25) is 5.84 Å². The summed E-state index contributed by atoms with van der Waals surface area (Å²) in [5, 5.41) is 9.37. The molecule has 166 valence electrons. The van der Waals surface area contributed by atoms with Crippen LogP contribution in [0, 0.1) is 0 Å². The number of hydrogen-bond acceptors (Lipinski definition) is 7. The Hall–Kier alpha value is -3.79. The minimum absolute atomic E-state index is 0.346. The molecule has 0 fully saturated rings. The summed E-state index contributed by atoms with van der Waals surface area (Å²) < 4.78 is 13.8. The molecule has 1 aliphatic heterocycles. The fraction of sp³-hybridized carbons (Fsp3) is 0.0870. The van der Waals surface area contributed by atoms with Crippen molar-refractivity contribution < 1.29 is 23.5 Å². The van der Waals surface area contributed by atoms with Gasteiger partial charge >= 0.3 is 6.82 Å². The fourth-order valence-corrected chi connectivity index (χ4v) is 3.76. The molecule has 0 aliphatic carbocycles. The summed E-state index contributed by atoms with van der Waals surface area (Å²) in [4.78, 5) is 26.0. The molecule has 0 saturated carbocycles. The predicted molar refractivity (Wildman–Crippen MR) is 128 cm³/mol. The third-order valence-corrected chi connectivity index (χ3v) is 5.33. The third-order valence-electron chi connectivity index (χ3n) is 4.81. The van der Waals surface area contributed by atoms with Crippen LogP contribution in [-0.2, 0) is 18.9 Å². The highest BCUT2D eigenvalue weighted by Gasteiger charge is 2.62. The second-order valence-electron chi connectivity index (χ2n) is 7.24. The second kappa shape index (κ2) is 9.37. The van der Waals surface area contributed by atoms with Crippen LogP contribution >= 0.6 is 15.9 Å². The van der Waals surface area contributed by atoms with Gasteiger partial charge in [-0.15, -0.1) is 0 Å². The summed E-state index contributed by atoms with van der Waals surface area (Å²) in [6, 6.07) is 25.6. The molecule has 0 unspecified atom stereocenters. The molecule has 0 atom stereocenters. The fourth-order valence-electron chi connectivity index (χ4n) is 3.50. The Kier molecular flexibility index (Phi) is 6.37. The summed E-state index contributed by atoms with van der Waals surface area (Å²) in [6.45, 7) is -0.553. The van der Waals surface area contributed by atoms with Gasteiger partial charge in [-0.1, -0.05) is 64.5 Å². The van der Waals surface area contributed by atoms with Crippen molar-refractivity contribution in [3.63, 3.8) is 0 Å². The SMILES string of the molecule is CC(=O)O[B-]1(OC(C)=O)N(c2ccccc2)N=C(c2ccccc2)N=[N+]1c1ccc(Br)cc1. The van der Waals surface area contributed by atoms with Crippen LogP contribution in [0.3, 0.4) is 0 Å². The van der Waals surface area contributed by atoms with Gasteiger partial charge in [0.15, 0.2) is 5.69 Å². The monoisotopic (exact) mass is 506 g/mol. The van der Waals surface area contributed by atoms with Crippen LogP contribution in [-0.4, -0.2) is 29.2 Å². The molecule has 0 amide bonds. The first-order valence-electron chi connectivity index (χ1n) is 10.2. The number of carbonyl (C=O) groups excluding carboxylic acids is 2. The van der Waals surface area contributed by atoms with Gasteiger partial charge in [0.05, 0.1) is 0 Å². The average molecular weight is 507 g/mol. The lowest BCUT2D eigenvalue weighted by Gasteiger charge is -2.41. The van der Waals surface area contributed by atoms with Crippen molar-refractivity contribution >= 4 is 51.9 Å². The molecule has 8 nitrogen and oxygen atoms in total. The number of halogens is 1. The van der Waals surface area contributed by atoms with Crippen LogP contribution in [0.5, 0.6) is 0 Å². The highest BCUT2D eigenvalue weighted by Crippen LogP contribution is 2.34. The number of nitrogens with zero attached hydrogens (tertiary/aromatic N) is 4. The molecule has 3 aromatic rings. The Morgan fingerprint density at radius 1 is 0.848 bits per heavy atom. The number of hydrogen-bond donors (Lipinski definition) is 0. The van der Waals surface area contributed by atoms with Crippen molar-refractivity contribution in [1.82, 2.24) is 0 Å². The van der Waals surface area contributed by atoms with E-state index < -0.39 is 18.8 Å². The van der Waals surface area contributed by atoms with Crippen molar-refractivity contribution in [2.24, 2.45) is 10.2 Å². The normalized spacial score (nSPS) is 14.7.